The summed E-state index contributed by atoms with van der Waals surface area (Å²) in [6.07, 6.45) is -0.813. The van der Waals surface area contributed by atoms with Crippen molar-refractivity contribution >= 4 is 17.7 Å². The molecule has 1 aromatic heterocycles. The molecule has 142 valence electrons. The first-order valence-electron chi connectivity index (χ1n) is 8.81. The van der Waals surface area contributed by atoms with Crippen LogP contribution in [0.3, 0.4) is 0 Å². The Balaban J connectivity index is 2.09. The van der Waals surface area contributed by atoms with Crippen LogP contribution in [0.25, 0.3) is 0 Å². The van der Waals surface area contributed by atoms with Crippen molar-refractivity contribution in [1.82, 2.24) is 0 Å². The monoisotopic (exact) mass is 371 g/mol. The van der Waals surface area contributed by atoms with Gasteiger partial charge in [0, 0.05) is 0 Å². The van der Waals surface area contributed by atoms with E-state index in [2.05, 4.69) is 4.99 Å². The molecule has 0 bridgehead atoms. The van der Waals surface area contributed by atoms with E-state index in [0.29, 0.717) is 11.5 Å². The zero-order chi connectivity index (χ0) is 19.2. The summed E-state index contributed by atoms with van der Waals surface area (Å²) in [6.45, 7) is 3.77. The molecule has 0 saturated carbocycles. The maximum atomic E-state index is 12.6. The minimum Gasteiger partial charge on any atom is -0.464 e. The van der Waals surface area contributed by atoms with Crippen molar-refractivity contribution in [2.75, 3.05) is 13.2 Å². The van der Waals surface area contributed by atoms with Crippen LogP contribution in [-0.4, -0.2) is 43.2 Å². The topological polar surface area (TPSA) is 87.3 Å². The summed E-state index contributed by atoms with van der Waals surface area (Å²) in [6, 6.07) is 12.8. The highest BCUT2D eigenvalue weighted by Gasteiger charge is 2.44. The second kappa shape index (κ2) is 8.64. The Labute approximate surface area is 156 Å². The van der Waals surface area contributed by atoms with Crippen LogP contribution >= 0.6 is 0 Å². The number of ether oxygens (including phenoxy) is 3. The quantitative estimate of drug-likeness (QED) is 0.726. The highest BCUT2D eigenvalue weighted by Crippen LogP contribution is 2.33. The van der Waals surface area contributed by atoms with Crippen molar-refractivity contribution in [3.05, 3.63) is 60.1 Å². The van der Waals surface area contributed by atoms with Gasteiger partial charge in [-0.15, -0.1) is 0 Å². The molecule has 0 aliphatic carbocycles. The minimum atomic E-state index is -1.26. The van der Waals surface area contributed by atoms with Gasteiger partial charge in [-0.1, -0.05) is 30.3 Å². The number of furan rings is 1. The number of esters is 2. The fourth-order valence-corrected chi connectivity index (χ4v) is 2.97. The number of benzene rings is 1. The molecule has 0 N–H and O–H groups in total. The molecule has 3 atom stereocenters. The van der Waals surface area contributed by atoms with Crippen molar-refractivity contribution in [3.63, 3.8) is 0 Å². The molecule has 2 heterocycles. The van der Waals surface area contributed by atoms with E-state index in [0.717, 1.165) is 5.56 Å². The number of carbonyl (C=O) groups is 2. The zero-order valence-corrected chi connectivity index (χ0v) is 15.2. The van der Waals surface area contributed by atoms with Crippen molar-refractivity contribution in [2.24, 2.45) is 4.99 Å². The summed E-state index contributed by atoms with van der Waals surface area (Å²) in [7, 11) is 0. The Bertz CT molecular complexity index is 799. The lowest BCUT2D eigenvalue weighted by molar-refractivity contribution is -0.173. The maximum Gasteiger partial charge on any atom is 0.358 e. The summed E-state index contributed by atoms with van der Waals surface area (Å²) in [4.78, 5) is 29.3. The number of nitrogens with zero attached hydrogens (tertiary/aromatic N) is 1. The minimum absolute atomic E-state index is 0.177. The molecular weight excluding hydrogens is 350 g/mol. The van der Waals surface area contributed by atoms with E-state index >= 15 is 0 Å². The summed E-state index contributed by atoms with van der Waals surface area (Å²) < 4.78 is 21.4. The first kappa shape index (κ1) is 18.8. The Kier molecular flexibility index (Phi) is 6.03. The molecule has 1 aliphatic heterocycles. The number of hydrogen-bond acceptors (Lipinski definition) is 7. The van der Waals surface area contributed by atoms with Crippen molar-refractivity contribution < 1.29 is 28.2 Å². The van der Waals surface area contributed by atoms with E-state index in [1.165, 1.54) is 6.26 Å². The Morgan fingerprint density at radius 1 is 1.00 bits per heavy atom. The maximum absolute atomic E-state index is 12.6. The number of carbonyl (C=O) groups excluding carboxylic acids is 2. The van der Waals surface area contributed by atoms with E-state index < -0.39 is 30.2 Å². The molecular formula is C20H21NO6. The molecule has 0 saturated heterocycles. The lowest BCUT2D eigenvalue weighted by Crippen LogP contribution is -2.46. The summed E-state index contributed by atoms with van der Waals surface area (Å²) in [5, 5.41) is 0. The van der Waals surface area contributed by atoms with Crippen molar-refractivity contribution in [3.8, 4) is 0 Å². The number of rotatable bonds is 6. The third-order valence-electron chi connectivity index (χ3n) is 4.07. The Morgan fingerprint density at radius 2 is 1.70 bits per heavy atom. The SMILES string of the molecule is CCOC(=O)[C@@H]1N=C(c2ccco2)[C@@H](c2ccccc2)[C@@H](C(=O)OCC)O1. The molecule has 0 amide bonds. The summed E-state index contributed by atoms with van der Waals surface area (Å²) in [5.41, 5.74) is 1.24. The van der Waals surface area contributed by atoms with Gasteiger partial charge in [-0.3, -0.25) is 0 Å². The van der Waals surface area contributed by atoms with Crippen molar-refractivity contribution in [1.29, 1.82) is 0 Å². The smallest absolute Gasteiger partial charge is 0.358 e. The van der Waals surface area contributed by atoms with Crippen LogP contribution in [0.2, 0.25) is 0 Å². The van der Waals surface area contributed by atoms with E-state index in [1.54, 1.807) is 26.0 Å². The first-order chi connectivity index (χ1) is 13.2. The average molecular weight is 371 g/mol. The lowest BCUT2D eigenvalue weighted by atomic mass is 9.86. The normalized spacial score (nSPS) is 22.0. The van der Waals surface area contributed by atoms with E-state index in [9.17, 15) is 9.59 Å². The van der Waals surface area contributed by atoms with Crippen LogP contribution in [0, 0.1) is 0 Å². The lowest BCUT2D eigenvalue weighted by Gasteiger charge is -2.33. The molecule has 1 aromatic carbocycles. The van der Waals surface area contributed by atoms with Crippen LogP contribution in [-0.2, 0) is 23.8 Å². The van der Waals surface area contributed by atoms with Gasteiger partial charge in [0.05, 0.1) is 31.1 Å². The molecule has 0 fully saturated rings. The molecule has 0 unspecified atom stereocenters. The highest BCUT2D eigenvalue weighted by molar-refractivity contribution is 6.07. The number of hydrogen-bond donors (Lipinski definition) is 0. The van der Waals surface area contributed by atoms with Crippen LogP contribution in [0.4, 0.5) is 0 Å². The van der Waals surface area contributed by atoms with Crippen molar-refractivity contribution in [2.45, 2.75) is 32.1 Å². The van der Waals surface area contributed by atoms with Gasteiger partial charge >= 0.3 is 11.9 Å². The zero-order valence-electron chi connectivity index (χ0n) is 15.2. The second-order valence-corrected chi connectivity index (χ2v) is 5.79. The third kappa shape index (κ3) is 4.09. The molecule has 7 heteroatoms. The second-order valence-electron chi connectivity index (χ2n) is 5.79. The van der Waals surface area contributed by atoms with E-state index in [-0.39, 0.29) is 13.2 Å². The average Bonchev–Trinajstić information content (AvgIpc) is 3.22. The molecule has 0 spiro atoms. The van der Waals surface area contributed by atoms with Gasteiger partial charge in [0.1, 0.15) is 5.76 Å². The van der Waals surface area contributed by atoms with E-state index in [1.807, 2.05) is 30.3 Å². The largest absolute Gasteiger partial charge is 0.464 e. The van der Waals surface area contributed by atoms with Crippen LogP contribution < -0.4 is 0 Å². The van der Waals surface area contributed by atoms with Gasteiger partial charge < -0.3 is 18.6 Å². The fourth-order valence-electron chi connectivity index (χ4n) is 2.97. The third-order valence-corrected chi connectivity index (χ3v) is 4.07. The Hall–Kier alpha value is -2.93. The molecule has 2 aromatic rings. The van der Waals surface area contributed by atoms with Gasteiger partial charge in [0.2, 0.25) is 6.23 Å². The van der Waals surface area contributed by atoms with Crippen LogP contribution in [0.1, 0.15) is 31.1 Å². The predicted molar refractivity (Wildman–Crippen MR) is 96.4 cm³/mol. The highest BCUT2D eigenvalue weighted by atomic mass is 16.6. The van der Waals surface area contributed by atoms with Crippen LogP contribution in [0.15, 0.2) is 58.1 Å². The molecule has 27 heavy (non-hydrogen) atoms. The van der Waals surface area contributed by atoms with Crippen LogP contribution in [0.5, 0.6) is 0 Å². The standard InChI is InChI=1S/C20H21NO6/c1-3-24-19(22)17-15(13-9-6-5-7-10-13)16(14-11-8-12-26-14)21-18(27-17)20(23)25-4-2/h5-12,15,17-18H,3-4H2,1-2H3/t15-,17+,18-/m1/s1. The summed E-state index contributed by atoms with van der Waals surface area (Å²) in [5.74, 6) is -1.36. The van der Waals surface area contributed by atoms with Gasteiger partial charge in [-0.25, -0.2) is 14.6 Å². The van der Waals surface area contributed by atoms with Gasteiger partial charge in [0.15, 0.2) is 6.10 Å². The van der Waals surface area contributed by atoms with Gasteiger partial charge in [0.25, 0.3) is 0 Å². The Morgan fingerprint density at radius 3 is 2.33 bits per heavy atom. The molecule has 0 radical (unpaired) electrons. The van der Waals surface area contributed by atoms with Gasteiger partial charge in [-0.2, -0.15) is 0 Å². The first-order valence-corrected chi connectivity index (χ1v) is 8.81. The van der Waals surface area contributed by atoms with E-state index in [4.69, 9.17) is 18.6 Å². The molecule has 7 nitrogen and oxygen atoms in total. The molecule has 1 aliphatic rings. The predicted octanol–water partition coefficient (Wildman–Crippen LogP) is 2.70. The summed E-state index contributed by atoms with van der Waals surface area (Å²) >= 11 is 0. The fraction of sp³-hybridized carbons (Fsp3) is 0.350. The number of aliphatic imine (C=N–C) groups is 1. The molecule has 3 rings (SSSR count). The van der Waals surface area contributed by atoms with Gasteiger partial charge in [-0.05, 0) is 31.5 Å².